The van der Waals surface area contributed by atoms with Crippen LogP contribution in [0.3, 0.4) is 0 Å². The van der Waals surface area contributed by atoms with Crippen molar-refractivity contribution in [3.8, 4) is 0 Å². The Bertz CT molecular complexity index is 377. The van der Waals surface area contributed by atoms with Gasteiger partial charge in [0.1, 0.15) is 0 Å². The van der Waals surface area contributed by atoms with E-state index in [1.54, 1.807) is 0 Å². The molecule has 0 aliphatic rings. The lowest BCUT2D eigenvalue weighted by Gasteiger charge is -2.28. The molecular weight excluding hydrogens is 244 g/mol. The van der Waals surface area contributed by atoms with Crippen LogP contribution >= 0.6 is 0 Å². The maximum atomic E-state index is 6.00. The van der Waals surface area contributed by atoms with E-state index in [9.17, 15) is 0 Å². The summed E-state index contributed by atoms with van der Waals surface area (Å²) in [7, 11) is 0. The van der Waals surface area contributed by atoms with Crippen molar-refractivity contribution >= 4 is 0 Å². The Morgan fingerprint density at radius 3 is 2.15 bits per heavy atom. The van der Waals surface area contributed by atoms with Gasteiger partial charge in [0.15, 0.2) is 0 Å². The summed E-state index contributed by atoms with van der Waals surface area (Å²) in [5.74, 6) is 2.09. The average molecular weight is 276 g/mol. The molecule has 114 valence electrons. The first-order valence-corrected chi connectivity index (χ1v) is 8.02. The van der Waals surface area contributed by atoms with Gasteiger partial charge in [-0.1, -0.05) is 58.9 Å². The molecule has 0 radical (unpaired) electrons. The molecule has 2 heteroatoms. The fraction of sp³-hybridized carbons (Fsp3) is 0.667. The largest absolute Gasteiger partial charge is 0.329 e. The molecule has 1 rings (SSSR count). The van der Waals surface area contributed by atoms with Crippen molar-refractivity contribution < 1.29 is 0 Å². The molecule has 2 nitrogen and oxygen atoms in total. The molecule has 1 unspecified atom stereocenters. The minimum atomic E-state index is 0.270. The van der Waals surface area contributed by atoms with Crippen LogP contribution in [-0.2, 0) is 6.42 Å². The van der Waals surface area contributed by atoms with Gasteiger partial charge >= 0.3 is 0 Å². The first-order valence-electron chi connectivity index (χ1n) is 8.02. The van der Waals surface area contributed by atoms with Gasteiger partial charge in [-0.05, 0) is 41.8 Å². The van der Waals surface area contributed by atoms with Crippen LogP contribution in [0.1, 0.15) is 51.8 Å². The Morgan fingerprint density at radius 2 is 1.65 bits per heavy atom. The average Bonchev–Trinajstić information content (AvgIpc) is 2.42. The van der Waals surface area contributed by atoms with Gasteiger partial charge in [0.05, 0.1) is 0 Å². The molecule has 0 saturated carbocycles. The van der Waals surface area contributed by atoms with E-state index in [0.29, 0.717) is 24.3 Å². The zero-order chi connectivity index (χ0) is 15.1. The molecule has 0 aliphatic heterocycles. The van der Waals surface area contributed by atoms with Gasteiger partial charge in [0.25, 0.3) is 0 Å². The summed E-state index contributed by atoms with van der Waals surface area (Å²) in [6.07, 6.45) is 1.06. The summed E-state index contributed by atoms with van der Waals surface area (Å²) < 4.78 is 0. The van der Waals surface area contributed by atoms with Gasteiger partial charge in [-0.2, -0.15) is 0 Å². The third-order valence-electron chi connectivity index (χ3n) is 4.36. The van der Waals surface area contributed by atoms with Crippen LogP contribution in [0.25, 0.3) is 0 Å². The zero-order valence-corrected chi connectivity index (χ0v) is 13.8. The Labute approximate surface area is 125 Å². The summed E-state index contributed by atoms with van der Waals surface area (Å²) in [5, 5.41) is 3.70. The summed E-state index contributed by atoms with van der Waals surface area (Å²) in [5.41, 5.74) is 8.77. The minimum absolute atomic E-state index is 0.270. The van der Waals surface area contributed by atoms with Crippen LogP contribution in [0.15, 0.2) is 24.3 Å². The van der Waals surface area contributed by atoms with E-state index in [4.69, 9.17) is 5.73 Å². The fourth-order valence-electron chi connectivity index (χ4n) is 3.04. The SMILES string of the molecule is CCc1ccccc1C(CN)NCC(C(C)C)C(C)C. The first-order chi connectivity index (χ1) is 9.51. The van der Waals surface area contributed by atoms with Gasteiger partial charge in [-0.15, -0.1) is 0 Å². The molecule has 0 aromatic heterocycles. The number of nitrogens with one attached hydrogen (secondary N) is 1. The van der Waals surface area contributed by atoms with Crippen molar-refractivity contribution in [2.45, 2.75) is 47.1 Å². The Kier molecular flexibility index (Phi) is 7.25. The molecule has 0 bridgehead atoms. The maximum absolute atomic E-state index is 6.00. The molecule has 0 heterocycles. The molecule has 0 saturated heterocycles. The van der Waals surface area contributed by atoms with E-state index >= 15 is 0 Å². The maximum Gasteiger partial charge on any atom is 0.0447 e. The normalized spacial score (nSPS) is 13.4. The molecule has 20 heavy (non-hydrogen) atoms. The number of nitrogens with two attached hydrogens (primary N) is 1. The molecule has 1 atom stereocenters. The number of rotatable bonds is 8. The molecule has 0 aliphatic carbocycles. The predicted molar refractivity (Wildman–Crippen MR) is 88.8 cm³/mol. The summed E-state index contributed by atoms with van der Waals surface area (Å²) in [4.78, 5) is 0. The van der Waals surface area contributed by atoms with E-state index in [0.717, 1.165) is 13.0 Å². The van der Waals surface area contributed by atoms with Crippen molar-refractivity contribution in [2.75, 3.05) is 13.1 Å². The van der Waals surface area contributed by atoms with E-state index in [-0.39, 0.29) is 6.04 Å². The monoisotopic (exact) mass is 276 g/mol. The third-order valence-corrected chi connectivity index (χ3v) is 4.36. The van der Waals surface area contributed by atoms with E-state index in [1.165, 1.54) is 11.1 Å². The second kappa shape index (κ2) is 8.43. The lowest BCUT2D eigenvalue weighted by atomic mass is 9.85. The van der Waals surface area contributed by atoms with Gasteiger partial charge in [0, 0.05) is 12.6 Å². The predicted octanol–water partition coefficient (Wildman–Crippen LogP) is 3.77. The third kappa shape index (κ3) is 4.60. The topological polar surface area (TPSA) is 38.0 Å². The van der Waals surface area contributed by atoms with Crippen LogP contribution < -0.4 is 11.1 Å². The lowest BCUT2D eigenvalue weighted by Crippen LogP contribution is -2.36. The van der Waals surface area contributed by atoms with Gasteiger partial charge in [-0.25, -0.2) is 0 Å². The molecule has 0 fully saturated rings. The highest BCUT2D eigenvalue weighted by atomic mass is 14.9. The first kappa shape index (κ1) is 17.2. The van der Waals surface area contributed by atoms with E-state index < -0.39 is 0 Å². The smallest absolute Gasteiger partial charge is 0.0447 e. The van der Waals surface area contributed by atoms with Gasteiger partial charge < -0.3 is 11.1 Å². The highest BCUT2D eigenvalue weighted by molar-refractivity contribution is 5.30. The summed E-state index contributed by atoms with van der Waals surface area (Å²) in [6, 6.07) is 8.92. The summed E-state index contributed by atoms with van der Waals surface area (Å²) >= 11 is 0. The van der Waals surface area contributed by atoms with Crippen molar-refractivity contribution in [3.05, 3.63) is 35.4 Å². The lowest BCUT2D eigenvalue weighted by molar-refractivity contribution is 0.266. The molecule has 1 aromatic rings. The van der Waals surface area contributed by atoms with Crippen LogP contribution in [0.2, 0.25) is 0 Å². The number of hydrogen-bond acceptors (Lipinski definition) is 2. The van der Waals surface area contributed by atoms with Crippen LogP contribution in [0.5, 0.6) is 0 Å². The number of benzene rings is 1. The van der Waals surface area contributed by atoms with E-state index in [2.05, 4.69) is 64.2 Å². The van der Waals surface area contributed by atoms with Crippen molar-refractivity contribution in [3.63, 3.8) is 0 Å². The minimum Gasteiger partial charge on any atom is -0.329 e. The van der Waals surface area contributed by atoms with Crippen molar-refractivity contribution in [1.29, 1.82) is 0 Å². The van der Waals surface area contributed by atoms with Crippen molar-refractivity contribution in [2.24, 2.45) is 23.5 Å². The fourth-order valence-corrected chi connectivity index (χ4v) is 3.04. The second-order valence-electron chi connectivity index (χ2n) is 6.40. The molecular formula is C18H32N2. The Hall–Kier alpha value is -0.860. The van der Waals surface area contributed by atoms with Crippen molar-refractivity contribution in [1.82, 2.24) is 5.32 Å². The Balaban J connectivity index is 2.77. The van der Waals surface area contributed by atoms with Gasteiger partial charge in [-0.3, -0.25) is 0 Å². The highest BCUT2D eigenvalue weighted by Gasteiger charge is 2.20. The molecule has 0 amide bonds. The quantitative estimate of drug-likeness (QED) is 0.758. The molecule has 1 aromatic carbocycles. The zero-order valence-electron chi connectivity index (χ0n) is 13.8. The van der Waals surface area contributed by atoms with E-state index in [1.807, 2.05) is 0 Å². The number of hydrogen-bond donors (Lipinski definition) is 2. The number of aryl methyl sites for hydroxylation is 1. The highest BCUT2D eigenvalue weighted by Crippen LogP contribution is 2.22. The van der Waals surface area contributed by atoms with Gasteiger partial charge in [0.2, 0.25) is 0 Å². The van der Waals surface area contributed by atoms with Crippen LogP contribution in [-0.4, -0.2) is 13.1 Å². The molecule has 3 N–H and O–H groups in total. The standard InChI is InChI=1S/C18H32N2/c1-6-15-9-7-8-10-16(15)18(11-19)20-12-17(13(2)3)14(4)5/h7-10,13-14,17-18,20H,6,11-12,19H2,1-5H3. The Morgan fingerprint density at radius 1 is 1.05 bits per heavy atom. The second-order valence-corrected chi connectivity index (χ2v) is 6.40. The summed E-state index contributed by atoms with van der Waals surface area (Å²) in [6.45, 7) is 13.1. The van der Waals surface area contributed by atoms with Crippen LogP contribution in [0, 0.1) is 17.8 Å². The van der Waals surface area contributed by atoms with Crippen LogP contribution in [0.4, 0.5) is 0 Å². The molecule has 0 spiro atoms.